The number of fused-ring (bicyclic) bond motifs is 1. The average Bonchev–Trinajstić information content (AvgIpc) is 2.26. The maximum absolute atomic E-state index is 8.67. The van der Waals surface area contributed by atoms with Crippen molar-refractivity contribution in [3.63, 3.8) is 0 Å². The molecular weight excluding hydrogens is 176 g/mol. The summed E-state index contributed by atoms with van der Waals surface area (Å²) in [7, 11) is 0. The van der Waals surface area contributed by atoms with Gasteiger partial charge in [-0.15, -0.1) is 0 Å². The van der Waals surface area contributed by atoms with Gasteiger partial charge in [0.05, 0.1) is 6.61 Å². The molecule has 0 aliphatic rings. The monoisotopic (exact) mass is 187 g/mol. The van der Waals surface area contributed by atoms with Gasteiger partial charge in [-0.3, -0.25) is 0 Å². The number of hydrogen-bond acceptors (Lipinski definition) is 2. The summed E-state index contributed by atoms with van der Waals surface area (Å²) in [6.07, 6.45) is 0. The smallest absolute Gasteiger partial charge is 0.127 e. The Bertz CT molecular complexity index is 418. The maximum atomic E-state index is 8.67. The molecule has 0 bridgehead atoms. The van der Waals surface area contributed by atoms with E-state index >= 15 is 0 Å². The van der Waals surface area contributed by atoms with Crippen LogP contribution >= 0.6 is 0 Å². The molecule has 2 aromatic carbocycles. The van der Waals surface area contributed by atoms with Crippen molar-refractivity contribution in [3.8, 4) is 5.75 Å². The number of hydrogen-bond donors (Lipinski definition) is 1. The zero-order chi connectivity index (χ0) is 9.80. The molecular formula is C12H11O2. The normalized spacial score (nSPS) is 10.4. The third-order valence-electron chi connectivity index (χ3n) is 2.01. The Morgan fingerprint density at radius 1 is 1.21 bits per heavy atom. The predicted octanol–water partition coefficient (Wildman–Crippen LogP) is 2.01. The fourth-order valence-corrected chi connectivity index (χ4v) is 1.41. The van der Waals surface area contributed by atoms with E-state index in [1.54, 1.807) is 0 Å². The van der Waals surface area contributed by atoms with Gasteiger partial charge in [-0.2, -0.15) is 0 Å². The fourth-order valence-electron chi connectivity index (χ4n) is 1.41. The number of aliphatic hydroxyl groups is 1. The van der Waals surface area contributed by atoms with E-state index < -0.39 is 0 Å². The molecule has 71 valence electrons. The van der Waals surface area contributed by atoms with Gasteiger partial charge < -0.3 is 9.84 Å². The van der Waals surface area contributed by atoms with Gasteiger partial charge in [-0.05, 0) is 17.5 Å². The standard InChI is InChI=1S/C12H11O2/c13-8-9-14-12-7-3-5-10-4-1-2-6-11(10)12/h1-3,5-7,13H,8-9H2. The Morgan fingerprint density at radius 2 is 2.14 bits per heavy atom. The van der Waals surface area contributed by atoms with E-state index in [1.807, 2.05) is 36.4 Å². The van der Waals surface area contributed by atoms with Crippen molar-refractivity contribution in [2.45, 2.75) is 0 Å². The van der Waals surface area contributed by atoms with Crippen LogP contribution in [0.2, 0.25) is 0 Å². The summed E-state index contributed by atoms with van der Waals surface area (Å²) in [5.74, 6) is 0.799. The number of rotatable bonds is 3. The van der Waals surface area contributed by atoms with Gasteiger partial charge in [0.25, 0.3) is 0 Å². The predicted molar refractivity (Wildman–Crippen MR) is 55.4 cm³/mol. The molecule has 0 aliphatic carbocycles. The van der Waals surface area contributed by atoms with Crippen molar-refractivity contribution in [3.05, 3.63) is 42.5 Å². The lowest BCUT2D eigenvalue weighted by atomic mass is 10.1. The Morgan fingerprint density at radius 3 is 3.00 bits per heavy atom. The van der Waals surface area contributed by atoms with E-state index in [2.05, 4.69) is 6.07 Å². The highest BCUT2D eigenvalue weighted by Gasteiger charge is 1.99. The first-order valence-corrected chi connectivity index (χ1v) is 4.55. The first-order valence-electron chi connectivity index (χ1n) is 4.55. The van der Waals surface area contributed by atoms with Crippen molar-refractivity contribution in [2.24, 2.45) is 0 Å². The summed E-state index contributed by atoms with van der Waals surface area (Å²) in [6, 6.07) is 14.7. The molecule has 14 heavy (non-hydrogen) atoms. The van der Waals surface area contributed by atoms with Crippen LogP contribution in [-0.2, 0) is 0 Å². The Labute approximate surface area is 82.8 Å². The maximum Gasteiger partial charge on any atom is 0.127 e. The van der Waals surface area contributed by atoms with Crippen LogP contribution in [-0.4, -0.2) is 18.3 Å². The van der Waals surface area contributed by atoms with Crippen LogP contribution in [0.4, 0.5) is 0 Å². The minimum absolute atomic E-state index is 0.0347. The SMILES string of the molecule is OCCOc1cccc2[c]cccc12. The van der Waals surface area contributed by atoms with Crippen molar-refractivity contribution >= 4 is 10.8 Å². The van der Waals surface area contributed by atoms with Crippen molar-refractivity contribution in [1.82, 2.24) is 0 Å². The molecule has 1 N–H and O–H groups in total. The summed E-state index contributed by atoms with van der Waals surface area (Å²) in [5.41, 5.74) is 0. The zero-order valence-electron chi connectivity index (χ0n) is 7.73. The molecule has 0 saturated carbocycles. The minimum Gasteiger partial charge on any atom is -0.491 e. The van der Waals surface area contributed by atoms with Gasteiger partial charge >= 0.3 is 0 Å². The second-order valence-electron chi connectivity index (χ2n) is 2.96. The first-order chi connectivity index (χ1) is 6.92. The molecule has 2 rings (SSSR count). The summed E-state index contributed by atoms with van der Waals surface area (Å²) in [4.78, 5) is 0. The molecule has 0 fully saturated rings. The summed E-state index contributed by atoms with van der Waals surface area (Å²) in [6.45, 7) is 0.362. The van der Waals surface area contributed by atoms with E-state index in [-0.39, 0.29) is 6.61 Å². The minimum atomic E-state index is 0.0347. The van der Waals surface area contributed by atoms with Gasteiger partial charge in [-0.25, -0.2) is 0 Å². The van der Waals surface area contributed by atoms with E-state index in [0.29, 0.717) is 6.61 Å². The molecule has 0 spiro atoms. The summed E-state index contributed by atoms with van der Waals surface area (Å²) >= 11 is 0. The third-order valence-corrected chi connectivity index (χ3v) is 2.01. The molecule has 1 radical (unpaired) electrons. The summed E-state index contributed by atoms with van der Waals surface area (Å²) in [5, 5.41) is 10.7. The molecule has 2 heteroatoms. The lowest BCUT2D eigenvalue weighted by Gasteiger charge is -2.07. The van der Waals surface area contributed by atoms with Crippen molar-refractivity contribution in [1.29, 1.82) is 0 Å². The van der Waals surface area contributed by atoms with Gasteiger partial charge in [0.1, 0.15) is 12.4 Å². The van der Waals surface area contributed by atoms with Crippen molar-refractivity contribution < 1.29 is 9.84 Å². The van der Waals surface area contributed by atoms with Crippen LogP contribution in [0, 0.1) is 6.07 Å². The molecule has 2 nitrogen and oxygen atoms in total. The van der Waals surface area contributed by atoms with Crippen LogP contribution < -0.4 is 4.74 Å². The Balaban J connectivity index is 2.43. The van der Waals surface area contributed by atoms with E-state index in [4.69, 9.17) is 9.84 Å². The molecule has 0 aliphatic heterocycles. The van der Waals surface area contributed by atoms with Gasteiger partial charge in [0, 0.05) is 5.39 Å². The first kappa shape index (κ1) is 9.03. The van der Waals surface area contributed by atoms with E-state index in [9.17, 15) is 0 Å². The number of aliphatic hydroxyl groups excluding tert-OH is 1. The Hall–Kier alpha value is -1.54. The molecule has 2 aromatic rings. The summed E-state index contributed by atoms with van der Waals surface area (Å²) < 4.78 is 5.40. The van der Waals surface area contributed by atoms with Crippen LogP contribution in [0.1, 0.15) is 0 Å². The highest BCUT2D eigenvalue weighted by atomic mass is 16.5. The second-order valence-corrected chi connectivity index (χ2v) is 2.96. The van der Waals surface area contributed by atoms with Crippen molar-refractivity contribution in [2.75, 3.05) is 13.2 Å². The molecule has 0 saturated heterocycles. The lowest BCUT2D eigenvalue weighted by molar-refractivity contribution is 0.203. The average molecular weight is 187 g/mol. The van der Waals surface area contributed by atoms with E-state index in [1.165, 1.54) is 0 Å². The molecule has 0 amide bonds. The van der Waals surface area contributed by atoms with Gasteiger partial charge in [0.15, 0.2) is 0 Å². The van der Waals surface area contributed by atoms with Gasteiger partial charge in [0.2, 0.25) is 0 Å². The number of ether oxygens (including phenoxy) is 1. The van der Waals surface area contributed by atoms with Crippen LogP contribution in [0.5, 0.6) is 5.75 Å². The van der Waals surface area contributed by atoms with Crippen LogP contribution in [0.25, 0.3) is 10.8 Å². The molecule has 0 heterocycles. The highest BCUT2D eigenvalue weighted by molar-refractivity contribution is 5.87. The molecule has 0 aromatic heterocycles. The fraction of sp³-hybridized carbons (Fsp3) is 0.167. The second kappa shape index (κ2) is 4.11. The van der Waals surface area contributed by atoms with Gasteiger partial charge in [-0.1, -0.05) is 30.3 Å². The van der Waals surface area contributed by atoms with Crippen LogP contribution in [0.15, 0.2) is 36.4 Å². The molecule has 0 unspecified atom stereocenters. The topological polar surface area (TPSA) is 29.5 Å². The Kier molecular flexibility index (Phi) is 2.65. The molecule has 0 atom stereocenters. The lowest BCUT2D eigenvalue weighted by Crippen LogP contribution is -2.01. The number of benzene rings is 2. The largest absolute Gasteiger partial charge is 0.491 e. The quantitative estimate of drug-likeness (QED) is 0.796. The van der Waals surface area contributed by atoms with E-state index in [0.717, 1.165) is 16.5 Å². The highest BCUT2D eigenvalue weighted by Crippen LogP contribution is 2.24. The zero-order valence-corrected chi connectivity index (χ0v) is 7.73. The third kappa shape index (κ3) is 1.70. The van der Waals surface area contributed by atoms with Crippen LogP contribution in [0.3, 0.4) is 0 Å².